The summed E-state index contributed by atoms with van der Waals surface area (Å²) in [5.74, 6) is 1.02. The lowest BCUT2D eigenvalue weighted by Gasteiger charge is -2.29. The van der Waals surface area contributed by atoms with Gasteiger partial charge in [0.05, 0.1) is 0 Å². The summed E-state index contributed by atoms with van der Waals surface area (Å²) in [5.41, 5.74) is 0.765. The second-order valence-electron chi connectivity index (χ2n) is 8.24. The van der Waals surface area contributed by atoms with Gasteiger partial charge in [0, 0.05) is 24.7 Å². The average Bonchev–Trinajstić information content (AvgIpc) is 2.53. The Morgan fingerprint density at radius 1 is 1.04 bits per heavy atom. The molecule has 0 radical (unpaired) electrons. The van der Waals surface area contributed by atoms with Gasteiger partial charge in [-0.25, -0.2) is 4.39 Å². The van der Waals surface area contributed by atoms with Crippen LogP contribution in [-0.2, 0) is 6.54 Å². The van der Waals surface area contributed by atoms with E-state index in [2.05, 4.69) is 45.1 Å². The molecule has 1 N–H and O–H groups in total. The van der Waals surface area contributed by atoms with Crippen molar-refractivity contribution in [1.82, 2.24) is 10.2 Å². The largest absolute Gasteiger partial charge is 0.457 e. The molecule has 0 aliphatic heterocycles. The highest BCUT2D eigenvalue weighted by atomic mass is 19.1. The Kier molecular flexibility index (Phi) is 7.18. The number of nitrogens with zero attached hydrogens (tertiary/aromatic N) is 1. The molecule has 0 fully saturated rings. The third-order valence-corrected chi connectivity index (χ3v) is 4.06. The Hall–Kier alpha value is -1.91. The Bertz CT molecular complexity index is 680. The summed E-state index contributed by atoms with van der Waals surface area (Å²) in [7, 11) is 4.12. The molecular weight excluding hydrogens is 327 g/mol. The fourth-order valence-electron chi connectivity index (χ4n) is 3.05. The molecule has 0 saturated carbocycles. The molecule has 2 aromatic carbocycles. The van der Waals surface area contributed by atoms with Gasteiger partial charge in [0.25, 0.3) is 0 Å². The van der Waals surface area contributed by atoms with Crippen molar-refractivity contribution in [1.29, 1.82) is 0 Å². The molecule has 0 heterocycles. The topological polar surface area (TPSA) is 24.5 Å². The van der Waals surface area contributed by atoms with Crippen molar-refractivity contribution in [2.24, 2.45) is 5.41 Å². The molecule has 142 valence electrons. The third-order valence-electron chi connectivity index (χ3n) is 4.06. The monoisotopic (exact) mass is 358 g/mol. The molecule has 0 unspecified atom stereocenters. The minimum Gasteiger partial charge on any atom is -0.457 e. The van der Waals surface area contributed by atoms with Gasteiger partial charge in [0.2, 0.25) is 0 Å². The number of halogens is 1. The zero-order chi connectivity index (χ0) is 19.2. The quantitative estimate of drug-likeness (QED) is 0.713. The van der Waals surface area contributed by atoms with Gasteiger partial charge < -0.3 is 15.0 Å². The minimum absolute atomic E-state index is 0.201. The molecule has 2 aromatic rings. The summed E-state index contributed by atoms with van der Waals surface area (Å²) in [6, 6.07) is 14.7. The van der Waals surface area contributed by atoms with Crippen LogP contribution in [0.15, 0.2) is 48.5 Å². The van der Waals surface area contributed by atoms with Gasteiger partial charge in [0.15, 0.2) is 0 Å². The molecule has 26 heavy (non-hydrogen) atoms. The van der Waals surface area contributed by atoms with E-state index in [1.807, 2.05) is 36.4 Å². The molecule has 0 aliphatic rings. The second-order valence-corrected chi connectivity index (χ2v) is 8.24. The van der Waals surface area contributed by atoms with Crippen molar-refractivity contribution in [3.05, 3.63) is 59.9 Å². The normalized spacial score (nSPS) is 13.0. The highest BCUT2D eigenvalue weighted by Crippen LogP contribution is 2.28. The number of rotatable bonds is 8. The number of benzene rings is 2. The molecule has 3 nitrogen and oxygen atoms in total. The SMILES string of the molecule is CN(C)C[C@H](CC(C)(C)C)NCc1c(F)cccc1Oc1ccccc1. The first-order valence-corrected chi connectivity index (χ1v) is 9.13. The van der Waals surface area contributed by atoms with Gasteiger partial charge in [-0.05, 0) is 50.2 Å². The third kappa shape index (κ3) is 6.77. The maximum absolute atomic E-state index is 14.5. The fourth-order valence-corrected chi connectivity index (χ4v) is 3.05. The molecule has 0 aromatic heterocycles. The Morgan fingerprint density at radius 2 is 1.73 bits per heavy atom. The fraction of sp³-hybridized carbons (Fsp3) is 0.455. The summed E-state index contributed by atoms with van der Waals surface area (Å²) in [4.78, 5) is 2.16. The van der Waals surface area contributed by atoms with Crippen LogP contribution >= 0.6 is 0 Å². The van der Waals surface area contributed by atoms with E-state index in [0.29, 0.717) is 23.6 Å². The van der Waals surface area contributed by atoms with E-state index in [0.717, 1.165) is 13.0 Å². The molecule has 0 spiro atoms. The maximum atomic E-state index is 14.5. The maximum Gasteiger partial charge on any atom is 0.134 e. The van der Waals surface area contributed by atoms with Crippen molar-refractivity contribution in [2.45, 2.75) is 39.8 Å². The highest BCUT2D eigenvalue weighted by molar-refractivity contribution is 5.38. The number of hydrogen-bond acceptors (Lipinski definition) is 3. The van der Waals surface area contributed by atoms with Crippen molar-refractivity contribution < 1.29 is 9.13 Å². The van der Waals surface area contributed by atoms with E-state index in [4.69, 9.17) is 4.74 Å². The van der Waals surface area contributed by atoms with Crippen LogP contribution in [0.4, 0.5) is 4.39 Å². The number of hydrogen-bond donors (Lipinski definition) is 1. The molecule has 4 heteroatoms. The zero-order valence-electron chi connectivity index (χ0n) is 16.6. The van der Waals surface area contributed by atoms with E-state index >= 15 is 0 Å². The molecule has 1 atom stereocenters. The molecule has 2 rings (SSSR count). The van der Waals surface area contributed by atoms with Crippen LogP contribution in [0.25, 0.3) is 0 Å². The van der Waals surface area contributed by atoms with E-state index < -0.39 is 0 Å². The van der Waals surface area contributed by atoms with Crippen LogP contribution in [-0.4, -0.2) is 31.6 Å². The van der Waals surface area contributed by atoms with Crippen LogP contribution in [0.1, 0.15) is 32.8 Å². The number of ether oxygens (including phenoxy) is 1. The standard InChI is InChI=1S/C22H31FN2O/c1-22(2,3)14-17(16-25(4)5)24-15-19-20(23)12-9-13-21(19)26-18-10-7-6-8-11-18/h6-13,17,24H,14-16H2,1-5H3/t17-/m0/s1. The van der Waals surface area contributed by atoms with E-state index in [1.54, 1.807) is 6.07 Å². The zero-order valence-corrected chi connectivity index (χ0v) is 16.6. The molecular formula is C22H31FN2O. The summed E-state index contributed by atoms with van der Waals surface area (Å²) in [5, 5.41) is 3.53. The lowest BCUT2D eigenvalue weighted by atomic mass is 9.88. The van der Waals surface area contributed by atoms with Gasteiger partial charge in [-0.2, -0.15) is 0 Å². The average molecular weight is 359 g/mol. The lowest BCUT2D eigenvalue weighted by molar-refractivity contribution is 0.254. The smallest absolute Gasteiger partial charge is 0.134 e. The lowest BCUT2D eigenvalue weighted by Crippen LogP contribution is -2.40. The van der Waals surface area contributed by atoms with Gasteiger partial charge >= 0.3 is 0 Å². The molecule has 0 saturated heterocycles. The highest BCUT2D eigenvalue weighted by Gasteiger charge is 2.20. The molecule has 0 bridgehead atoms. The van der Waals surface area contributed by atoms with Gasteiger partial charge in [-0.1, -0.05) is 45.0 Å². The summed E-state index contributed by atoms with van der Waals surface area (Å²) in [6.07, 6.45) is 1.01. The van der Waals surface area contributed by atoms with Gasteiger partial charge in [0.1, 0.15) is 17.3 Å². The number of para-hydroxylation sites is 1. The Morgan fingerprint density at radius 3 is 2.35 bits per heavy atom. The first-order valence-electron chi connectivity index (χ1n) is 9.13. The summed E-state index contributed by atoms with van der Waals surface area (Å²) in [6.45, 7) is 8.02. The van der Waals surface area contributed by atoms with Gasteiger partial charge in [-0.3, -0.25) is 0 Å². The second kappa shape index (κ2) is 9.15. The summed E-state index contributed by atoms with van der Waals surface area (Å²) >= 11 is 0. The van der Waals surface area contributed by atoms with Gasteiger partial charge in [-0.15, -0.1) is 0 Å². The number of nitrogens with one attached hydrogen (secondary N) is 1. The van der Waals surface area contributed by atoms with Crippen LogP contribution < -0.4 is 10.1 Å². The Labute approximate surface area is 157 Å². The van der Waals surface area contributed by atoms with Crippen molar-refractivity contribution in [3.8, 4) is 11.5 Å². The van der Waals surface area contributed by atoms with Crippen LogP contribution in [0, 0.1) is 11.2 Å². The minimum atomic E-state index is -0.245. The predicted molar refractivity (Wildman–Crippen MR) is 106 cm³/mol. The Balaban J connectivity index is 2.14. The first kappa shape index (κ1) is 20.4. The van der Waals surface area contributed by atoms with Crippen molar-refractivity contribution >= 4 is 0 Å². The molecule has 0 aliphatic carbocycles. The van der Waals surface area contributed by atoms with Crippen LogP contribution in [0.5, 0.6) is 11.5 Å². The molecule has 0 amide bonds. The van der Waals surface area contributed by atoms with Crippen molar-refractivity contribution in [3.63, 3.8) is 0 Å². The van der Waals surface area contributed by atoms with E-state index in [1.165, 1.54) is 6.07 Å². The number of likely N-dealkylation sites (N-methyl/N-ethyl adjacent to an activating group) is 1. The van der Waals surface area contributed by atoms with Crippen LogP contribution in [0.3, 0.4) is 0 Å². The van der Waals surface area contributed by atoms with E-state index in [9.17, 15) is 4.39 Å². The summed E-state index contributed by atoms with van der Waals surface area (Å²) < 4.78 is 20.4. The first-order chi connectivity index (χ1) is 12.2. The van der Waals surface area contributed by atoms with Crippen molar-refractivity contribution in [2.75, 3.05) is 20.6 Å². The van der Waals surface area contributed by atoms with E-state index in [-0.39, 0.29) is 17.3 Å². The van der Waals surface area contributed by atoms with Crippen LogP contribution in [0.2, 0.25) is 0 Å². The predicted octanol–water partition coefficient (Wildman–Crippen LogP) is 5.07.